The lowest BCUT2D eigenvalue weighted by Crippen LogP contribution is -1.92. The van der Waals surface area contributed by atoms with Crippen molar-refractivity contribution in [2.45, 2.75) is 13.0 Å². The van der Waals surface area contributed by atoms with Crippen LogP contribution in [0.5, 0.6) is 0 Å². The van der Waals surface area contributed by atoms with Crippen LogP contribution < -0.4 is 0 Å². The lowest BCUT2D eigenvalue weighted by atomic mass is 10.4. The second kappa shape index (κ2) is 3.42. The fourth-order valence-electron chi connectivity index (χ4n) is 0.416. The van der Waals surface area contributed by atoms with Crippen LogP contribution in [0.25, 0.3) is 0 Å². The number of hydrogen-bond acceptors (Lipinski definition) is 3. The fourth-order valence-corrected chi connectivity index (χ4v) is 0.416. The molecule has 0 aliphatic heterocycles. The van der Waals surface area contributed by atoms with E-state index in [1.54, 1.807) is 6.92 Å². The van der Waals surface area contributed by atoms with Crippen molar-refractivity contribution < 1.29 is 5.11 Å². The van der Waals surface area contributed by atoms with Gasteiger partial charge in [-0.05, 0) is 6.92 Å². The molecule has 1 aromatic rings. The van der Waals surface area contributed by atoms with Crippen LogP contribution in [0, 0.1) is 0 Å². The van der Waals surface area contributed by atoms with Crippen molar-refractivity contribution in [3.05, 3.63) is 12.2 Å². The normalized spacial score (nSPS) is 12.2. The summed E-state index contributed by atoms with van der Waals surface area (Å²) in [6, 6.07) is 0. The van der Waals surface area contributed by atoms with E-state index in [-0.39, 0.29) is 12.4 Å². The molecule has 1 heterocycles. The molecule has 0 aromatic carbocycles. The SMILES string of the molecule is C[C@H](O)c1ncn[nH]1.Cl. The molecule has 52 valence electrons. The van der Waals surface area contributed by atoms with Gasteiger partial charge in [-0.1, -0.05) is 0 Å². The van der Waals surface area contributed by atoms with Crippen molar-refractivity contribution in [1.82, 2.24) is 15.2 Å². The summed E-state index contributed by atoms with van der Waals surface area (Å²) in [5, 5.41) is 14.9. The van der Waals surface area contributed by atoms with Gasteiger partial charge in [0.2, 0.25) is 0 Å². The Morgan fingerprint density at radius 2 is 2.44 bits per heavy atom. The summed E-state index contributed by atoms with van der Waals surface area (Å²) in [5.41, 5.74) is 0. The van der Waals surface area contributed by atoms with E-state index in [2.05, 4.69) is 15.2 Å². The van der Waals surface area contributed by atoms with Gasteiger partial charge in [0.15, 0.2) is 5.82 Å². The largest absolute Gasteiger partial charge is 0.385 e. The van der Waals surface area contributed by atoms with E-state index in [1.807, 2.05) is 0 Å². The smallest absolute Gasteiger partial charge is 0.152 e. The molecule has 0 fully saturated rings. The van der Waals surface area contributed by atoms with Crippen LogP contribution in [0.3, 0.4) is 0 Å². The van der Waals surface area contributed by atoms with Crippen molar-refractivity contribution in [3.8, 4) is 0 Å². The highest BCUT2D eigenvalue weighted by atomic mass is 35.5. The number of rotatable bonds is 1. The Balaban J connectivity index is 0.000000640. The maximum Gasteiger partial charge on any atom is 0.152 e. The molecule has 0 saturated carbocycles. The summed E-state index contributed by atoms with van der Waals surface area (Å²) in [6.45, 7) is 1.63. The van der Waals surface area contributed by atoms with E-state index >= 15 is 0 Å². The second-order valence-electron chi connectivity index (χ2n) is 1.55. The van der Waals surface area contributed by atoms with Gasteiger partial charge in [-0.25, -0.2) is 4.98 Å². The first-order valence-corrected chi connectivity index (χ1v) is 2.34. The summed E-state index contributed by atoms with van der Waals surface area (Å²) in [4.78, 5) is 3.70. The third-order valence-electron chi connectivity index (χ3n) is 0.829. The number of aliphatic hydroxyl groups is 1. The summed E-state index contributed by atoms with van der Waals surface area (Å²) in [7, 11) is 0. The lowest BCUT2D eigenvalue weighted by Gasteiger charge is -1.93. The van der Waals surface area contributed by atoms with E-state index in [0.29, 0.717) is 5.82 Å². The number of nitrogens with zero attached hydrogens (tertiary/aromatic N) is 2. The Morgan fingerprint density at radius 1 is 1.78 bits per heavy atom. The Hall–Kier alpha value is -0.610. The van der Waals surface area contributed by atoms with Crippen molar-refractivity contribution in [2.75, 3.05) is 0 Å². The van der Waals surface area contributed by atoms with Crippen LogP contribution in [0.2, 0.25) is 0 Å². The van der Waals surface area contributed by atoms with Crippen LogP contribution in [-0.2, 0) is 0 Å². The summed E-state index contributed by atoms with van der Waals surface area (Å²) < 4.78 is 0. The Bertz CT molecular complexity index is 151. The molecule has 0 amide bonds. The Morgan fingerprint density at radius 3 is 2.67 bits per heavy atom. The monoisotopic (exact) mass is 149 g/mol. The minimum absolute atomic E-state index is 0. The molecule has 1 rings (SSSR count). The third-order valence-corrected chi connectivity index (χ3v) is 0.829. The highest BCUT2D eigenvalue weighted by Gasteiger charge is 1.99. The van der Waals surface area contributed by atoms with Gasteiger partial charge in [-0.15, -0.1) is 12.4 Å². The molecule has 0 unspecified atom stereocenters. The van der Waals surface area contributed by atoms with Gasteiger partial charge in [0.25, 0.3) is 0 Å². The van der Waals surface area contributed by atoms with Gasteiger partial charge in [-0.2, -0.15) is 5.10 Å². The Labute approximate surface area is 58.7 Å². The van der Waals surface area contributed by atoms with E-state index in [9.17, 15) is 0 Å². The summed E-state index contributed by atoms with van der Waals surface area (Å²) >= 11 is 0. The number of aromatic nitrogens is 3. The topological polar surface area (TPSA) is 61.8 Å². The summed E-state index contributed by atoms with van der Waals surface area (Å²) in [6.07, 6.45) is 0.819. The minimum atomic E-state index is -0.544. The van der Waals surface area contributed by atoms with Gasteiger partial charge < -0.3 is 5.11 Å². The molecule has 2 N–H and O–H groups in total. The second-order valence-corrected chi connectivity index (χ2v) is 1.55. The molecule has 0 aliphatic rings. The predicted molar refractivity (Wildman–Crippen MR) is 34.3 cm³/mol. The molecule has 0 radical (unpaired) electrons. The standard InChI is InChI=1S/C4H7N3O.ClH/c1-3(8)4-5-2-6-7-4;/h2-3,8H,1H3,(H,5,6,7);1H/t3-;/m0./s1. The average molecular weight is 150 g/mol. The van der Waals surface area contributed by atoms with Gasteiger partial charge in [0.1, 0.15) is 12.4 Å². The first-order valence-electron chi connectivity index (χ1n) is 2.34. The van der Waals surface area contributed by atoms with Gasteiger partial charge in [0.05, 0.1) is 0 Å². The van der Waals surface area contributed by atoms with Crippen LogP contribution in [-0.4, -0.2) is 20.3 Å². The number of nitrogens with one attached hydrogen (secondary N) is 1. The minimum Gasteiger partial charge on any atom is -0.385 e. The van der Waals surface area contributed by atoms with Crippen molar-refractivity contribution in [2.24, 2.45) is 0 Å². The molecule has 0 bridgehead atoms. The average Bonchev–Trinajstić information content (AvgIpc) is 2.12. The van der Waals surface area contributed by atoms with E-state index < -0.39 is 6.10 Å². The molecular formula is C4H8ClN3O. The number of halogens is 1. The van der Waals surface area contributed by atoms with Crippen LogP contribution in [0.15, 0.2) is 6.33 Å². The van der Waals surface area contributed by atoms with E-state index in [4.69, 9.17) is 5.11 Å². The molecule has 0 saturated heterocycles. The predicted octanol–water partition coefficient (Wildman–Crippen LogP) is 0.280. The molecule has 5 heteroatoms. The highest BCUT2D eigenvalue weighted by Crippen LogP contribution is 2.00. The zero-order valence-electron chi connectivity index (χ0n) is 4.90. The number of hydrogen-bond donors (Lipinski definition) is 2. The van der Waals surface area contributed by atoms with Crippen LogP contribution >= 0.6 is 12.4 Å². The first-order chi connectivity index (χ1) is 3.80. The first kappa shape index (κ1) is 8.39. The van der Waals surface area contributed by atoms with E-state index in [1.165, 1.54) is 6.33 Å². The molecule has 4 nitrogen and oxygen atoms in total. The molecular weight excluding hydrogens is 142 g/mol. The van der Waals surface area contributed by atoms with Gasteiger partial charge in [-0.3, -0.25) is 5.10 Å². The maximum atomic E-state index is 8.78. The van der Waals surface area contributed by atoms with Crippen molar-refractivity contribution in [3.63, 3.8) is 0 Å². The Kier molecular flexibility index (Phi) is 3.19. The third kappa shape index (κ3) is 1.99. The zero-order chi connectivity index (χ0) is 5.98. The number of aromatic amines is 1. The fraction of sp³-hybridized carbons (Fsp3) is 0.500. The van der Waals surface area contributed by atoms with Crippen molar-refractivity contribution in [1.29, 1.82) is 0 Å². The molecule has 1 aromatic heterocycles. The van der Waals surface area contributed by atoms with Gasteiger partial charge in [0, 0.05) is 0 Å². The van der Waals surface area contributed by atoms with Crippen LogP contribution in [0.1, 0.15) is 18.9 Å². The van der Waals surface area contributed by atoms with Gasteiger partial charge >= 0.3 is 0 Å². The molecule has 0 aliphatic carbocycles. The van der Waals surface area contributed by atoms with Crippen molar-refractivity contribution >= 4 is 12.4 Å². The van der Waals surface area contributed by atoms with Crippen LogP contribution in [0.4, 0.5) is 0 Å². The maximum absolute atomic E-state index is 8.78. The summed E-state index contributed by atoms with van der Waals surface area (Å²) in [5.74, 6) is 0.505. The number of H-pyrrole nitrogens is 1. The zero-order valence-corrected chi connectivity index (χ0v) is 5.72. The molecule has 9 heavy (non-hydrogen) atoms. The molecule has 1 atom stereocenters. The van der Waals surface area contributed by atoms with E-state index in [0.717, 1.165) is 0 Å². The molecule has 0 spiro atoms. The quantitative estimate of drug-likeness (QED) is 0.603. The number of aliphatic hydroxyl groups excluding tert-OH is 1. The lowest BCUT2D eigenvalue weighted by molar-refractivity contribution is 0.189. The highest BCUT2D eigenvalue weighted by molar-refractivity contribution is 5.85.